The zero-order valence-electron chi connectivity index (χ0n) is 14.5. The second kappa shape index (κ2) is 13.1. The van der Waals surface area contributed by atoms with E-state index in [1.807, 2.05) is 13.8 Å². The van der Waals surface area contributed by atoms with Crippen LogP contribution in [0.25, 0.3) is 0 Å². The maximum Gasteiger partial charge on any atom is 0.339 e. The molecule has 1 N–H and O–H groups in total. The molecule has 0 atom stereocenters. The quantitative estimate of drug-likeness (QED) is 0.574. The number of aliphatic carboxylic acids is 1. The van der Waals surface area contributed by atoms with Crippen molar-refractivity contribution in [3.63, 3.8) is 0 Å². The summed E-state index contributed by atoms with van der Waals surface area (Å²) >= 11 is 0. The van der Waals surface area contributed by atoms with E-state index in [1.165, 1.54) is 0 Å². The number of rotatable bonds is 8. The van der Waals surface area contributed by atoms with Crippen LogP contribution in [0.15, 0.2) is 24.3 Å². The summed E-state index contributed by atoms with van der Waals surface area (Å²) in [5, 5.41) is 7.42. The molecule has 0 heterocycles. The predicted molar refractivity (Wildman–Crippen MR) is 90.1 cm³/mol. The number of carboxylic acids is 1. The highest BCUT2D eigenvalue weighted by Gasteiger charge is 2.18. The molecule has 24 heavy (non-hydrogen) atoms. The first kappa shape index (κ1) is 21.6. The lowest BCUT2D eigenvalue weighted by Gasteiger charge is -2.09. The Balaban J connectivity index is 0.00000118. The van der Waals surface area contributed by atoms with E-state index in [0.29, 0.717) is 13.2 Å². The van der Waals surface area contributed by atoms with Gasteiger partial charge in [0.15, 0.2) is 0 Å². The van der Waals surface area contributed by atoms with Crippen molar-refractivity contribution in [2.75, 3.05) is 13.2 Å². The predicted octanol–water partition coefficient (Wildman–Crippen LogP) is 3.69. The highest BCUT2D eigenvalue weighted by molar-refractivity contribution is 6.03. The second-order valence-corrected chi connectivity index (χ2v) is 5.04. The molecule has 1 aromatic carbocycles. The number of unbranched alkanes of at least 4 members (excludes halogenated alkanes) is 2. The van der Waals surface area contributed by atoms with Gasteiger partial charge in [0.05, 0.1) is 24.3 Å². The zero-order valence-corrected chi connectivity index (χ0v) is 14.5. The van der Waals surface area contributed by atoms with Crippen molar-refractivity contribution in [1.82, 2.24) is 0 Å². The molecular weight excluding hydrogens is 312 g/mol. The summed E-state index contributed by atoms with van der Waals surface area (Å²) in [6.07, 6.45) is 3.53. The largest absolute Gasteiger partial charge is 0.481 e. The van der Waals surface area contributed by atoms with Crippen molar-refractivity contribution in [2.45, 2.75) is 46.5 Å². The third kappa shape index (κ3) is 9.61. The summed E-state index contributed by atoms with van der Waals surface area (Å²) in [7, 11) is 0. The number of carbonyl (C=O) groups excluding carboxylic acids is 2. The molecule has 0 saturated carbocycles. The third-order valence-corrected chi connectivity index (χ3v) is 2.83. The standard InChI is InChI=1S/C16H22O4.C2H4O2/c1-3-5-11-19-15(17)13-9-7-8-10-14(13)16(18)20-12-6-4-2;1-2(3)4/h7-10H,3-6,11-12H2,1-2H3;1H3,(H,3,4). The Morgan fingerprint density at radius 3 is 1.50 bits per heavy atom. The van der Waals surface area contributed by atoms with E-state index in [4.69, 9.17) is 19.4 Å². The molecule has 0 radical (unpaired) electrons. The molecule has 0 aliphatic carbocycles. The number of carbonyl (C=O) groups is 3. The Kier molecular flexibility index (Phi) is 11.8. The topological polar surface area (TPSA) is 89.9 Å². The summed E-state index contributed by atoms with van der Waals surface area (Å²) in [5.74, 6) is -1.78. The first-order chi connectivity index (χ1) is 11.4. The van der Waals surface area contributed by atoms with Crippen molar-refractivity contribution in [3.8, 4) is 0 Å². The summed E-state index contributed by atoms with van der Waals surface area (Å²) < 4.78 is 10.3. The monoisotopic (exact) mass is 338 g/mol. The summed E-state index contributed by atoms with van der Waals surface area (Å²) in [5.41, 5.74) is 0.537. The lowest BCUT2D eigenvalue weighted by molar-refractivity contribution is -0.134. The average molecular weight is 338 g/mol. The van der Waals surface area contributed by atoms with E-state index in [0.717, 1.165) is 32.6 Å². The van der Waals surface area contributed by atoms with Gasteiger partial charge in [0.25, 0.3) is 5.97 Å². The number of carboxylic acid groups (broad SMARTS) is 1. The van der Waals surface area contributed by atoms with Crippen LogP contribution in [0, 0.1) is 0 Å². The van der Waals surface area contributed by atoms with Gasteiger partial charge in [0.2, 0.25) is 0 Å². The van der Waals surface area contributed by atoms with E-state index < -0.39 is 17.9 Å². The van der Waals surface area contributed by atoms with Gasteiger partial charge in [0.1, 0.15) is 0 Å². The molecule has 0 bridgehead atoms. The molecule has 0 saturated heterocycles. The molecule has 134 valence electrons. The Hall–Kier alpha value is -2.37. The van der Waals surface area contributed by atoms with Crippen molar-refractivity contribution >= 4 is 17.9 Å². The highest BCUT2D eigenvalue weighted by Crippen LogP contribution is 2.12. The van der Waals surface area contributed by atoms with E-state index >= 15 is 0 Å². The van der Waals surface area contributed by atoms with Gasteiger partial charge in [-0.1, -0.05) is 38.8 Å². The Labute approximate surface area is 142 Å². The fourth-order valence-corrected chi connectivity index (χ4v) is 1.61. The van der Waals surface area contributed by atoms with Crippen molar-refractivity contribution in [2.24, 2.45) is 0 Å². The summed E-state index contributed by atoms with van der Waals surface area (Å²) in [4.78, 5) is 32.9. The van der Waals surface area contributed by atoms with Crippen LogP contribution in [0.2, 0.25) is 0 Å². The molecule has 6 nitrogen and oxygen atoms in total. The van der Waals surface area contributed by atoms with E-state index in [2.05, 4.69) is 0 Å². The van der Waals surface area contributed by atoms with Crippen LogP contribution in [0.3, 0.4) is 0 Å². The first-order valence-corrected chi connectivity index (χ1v) is 8.06. The summed E-state index contributed by atoms with van der Waals surface area (Å²) in [6, 6.07) is 6.59. The maximum absolute atomic E-state index is 11.9. The molecule has 0 aliphatic heterocycles. The number of hydrogen-bond donors (Lipinski definition) is 1. The molecule has 0 aromatic heterocycles. The molecule has 1 aromatic rings. The number of benzene rings is 1. The molecule has 0 spiro atoms. The lowest BCUT2D eigenvalue weighted by Crippen LogP contribution is -2.14. The minimum absolute atomic E-state index is 0.269. The third-order valence-electron chi connectivity index (χ3n) is 2.83. The van der Waals surface area contributed by atoms with Crippen LogP contribution in [0.4, 0.5) is 0 Å². The van der Waals surface area contributed by atoms with Crippen LogP contribution < -0.4 is 0 Å². The second-order valence-electron chi connectivity index (χ2n) is 5.04. The van der Waals surface area contributed by atoms with Gasteiger partial charge in [0, 0.05) is 6.92 Å². The fourth-order valence-electron chi connectivity index (χ4n) is 1.61. The van der Waals surface area contributed by atoms with Crippen LogP contribution in [-0.4, -0.2) is 36.2 Å². The van der Waals surface area contributed by atoms with E-state index in [-0.39, 0.29) is 11.1 Å². The van der Waals surface area contributed by atoms with Crippen LogP contribution in [0.1, 0.15) is 67.2 Å². The highest BCUT2D eigenvalue weighted by atomic mass is 16.5. The van der Waals surface area contributed by atoms with Gasteiger partial charge in [-0.15, -0.1) is 0 Å². The van der Waals surface area contributed by atoms with Gasteiger partial charge in [-0.05, 0) is 25.0 Å². The van der Waals surface area contributed by atoms with E-state index in [9.17, 15) is 9.59 Å². The minimum Gasteiger partial charge on any atom is -0.481 e. The SMILES string of the molecule is CC(=O)O.CCCCOC(=O)c1ccccc1C(=O)OCCCC. The van der Waals surface area contributed by atoms with Gasteiger partial charge in [-0.3, -0.25) is 4.79 Å². The van der Waals surface area contributed by atoms with Crippen LogP contribution >= 0.6 is 0 Å². The van der Waals surface area contributed by atoms with E-state index in [1.54, 1.807) is 24.3 Å². The Bertz CT molecular complexity index is 479. The first-order valence-electron chi connectivity index (χ1n) is 8.06. The fraction of sp³-hybridized carbons (Fsp3) is 0.500. The number of ether oxygens (including phenoxy) is 2. The van der Waals surface area contributed by atoms with Gasteiger partial charge in [-0.2, -0.15) is 0 Å². The number of esters is 2. The number of hydrogen-bond acceptors (Lipinski definition) is 5. The Morgan fingerprint density at radius 2 is 1.21 bits per heavy atom. The zero-order chi connectivity index (χ0) is 18.4. The van der Waals surface area contributed by atoms with Gasteiger partial charge < -0.3 is 14.6 Å². The average Bonchev–Trinajstić information content (AvgIpc) is 2.54. The van der Waals surface area contributed by atoms with Crippen LogP contribution in [-0.2, 0) is 14.3 Å². The minimum atomic E-state index is -0.833. The van der Waals surface area contributed by atoms with Crippen molar-refractivity contribution in [1.29, 1.82) is 0 Å². The summed E-state index contributed by atoms with van der Waals surface area (Å²) in [6.45, 7) is 5.86. The van der Waals surface area contributed by atoms with Crippen molar-refractivity contribution in [3.05, 3.63) is 35.4 Å². The maximum atomic E-state index is 11.9. The molecule has 0 amide bonds. The molecule has 0 unspecified atom stereocenters. The van der Waals surface area contributed by atoms with Gasteiger partial charge >= 0.3 is 11.9 Å². The molecule has 6 heteroatoms. The molecular formula is C18H26O6. The smallest absolute Gasteiger partial charge is 0.339 e. The molecule has 0 fully saturated rings. The molecule has 1 rings (SSSR count). The normalized spacial score (nSPS) is 9.46. The lowest BCUT2D eigenvalue weighted by atomic mass is 10.1. The Morgan fingerprint density at radius 1 is 0.875 bits per heavy atom. The van der Waals surface area contributed by atoms with Gasteiger partial charge in [-0.25, -0.2) is 9.59 Å². The molecule has 0 aliphatic rings. The van der Waals surface area contributed by atoms with Crippen LogP contribution in [0.5, 0.6) is 0 Å². The van der Waals surface area contributed by atoms with Crippen molar-refractivity contribution < 1.29 is 29.0 Å².